The fourth-order valence-electron chi connectivity index (χ4n) is 2.25. The molecule has 1 heterocycles. The van der Waals surface area contributed by atoms with E-state index in [0.29, 0.717) is 11.8 Å². The lowest BCUT2D eigenvalue weighted by Crippen LogP contribution is -2.21. The van der Waals surface area contributed by atoms with Crippen LogP contribution < -0.4 is 0 Å². The first-order chi connectivity index (χ1) is 8.90. The highest BCUT2D eigenvalue weighted by atomic mass is 79.9. The van der Waals surface area contributed by atoms with Crippen molar-refractivity contribution < 1.29 is 9.47 Å². The molecule has 18 heavy (non-hydrogen) atoms. The molecule has 1 aliphatic heterocycles. The summed E-state index contributed by atoms with van der Waals surface area (Å²) in [6.45, 7) is 3.47. The number of rotatable bonds is 6. The van der Waals surface area contributed by atoms with E-state index >= 15 is 0 Å². The Hall–Kier alpha value is -0.380. The third kappa shape index (κ3) is 4.38. The molecule has 1 unspecified atom stereocenters. The number of benzene rings is 1. The van der Waals surface area contributed by atoms with Crippen LogP contribution in [-0.2, 0) is 9.47 Å². The Morgan fingerprint density at radius 2 is 1.94 bits per heavy atom. The number of hydrogen-bond donors (Lipinski definition) is 0. The number of halogens is 1. The summed E-state index contributed by atoms with van der Waals surface area (Å²) in [5.41, 5.74) is 1.35. The first-order valence-corrected chi connectivity index (χ1v) is 7.78. The molecule has 1 saturated heterocycles. The molecule has 1 fully saturated rings. The predicted molar refractivity (Wildman–Crippen MR) is 77.3 cm³/mol. The molecule has 2 rings (SSSR count). The van der Waals surface area contributed by atoms with Crippen molar-refractivity contribution in [2.45, 2.75) is 18.8 Å². The highest BCUT2D eigenvalue weighted by Crippen LogP contribution is 2.20. The zero-order valence-corrected chi connectivity index (χ0v) is 12.3. The molecule has 0 bridgehead atoms. The van der Waals surface area contributed by atoms with Crippen molar-refractivity contribution in [2.75, 3.05) is 31.8 Å². The largest absolute Gasteiger partial charge is 0.381 e. The molecule has 0 amide bonds. The van der Waals surface area contributed by atoms with Crippen LogP contribution in [0.1, 0.15) is 24.3 Å². The van der Waals surface area contributed by atoms with Gasteiger partial charge in [-0.2, -0.15) is 0 Å². The zero-order valence-electron chi connectivity index (χ0n) is 10.7. The van der Waals surface area contributed by atoms with Crippen molar-refractivity contribution in [1.82, 2.24) is 0 Å². The van der Waals surface area contributed by atoms with Crippen molar-refractivity contribution in [2.24, 2.45) is 5.92 Å². The van der Waals surface area contributed by atoms with Crippen molar-refractivity contribution >= 4 is 15.9 Å². The van der Waals surface area contributed by atoms with E-state index in [1.54, 1.807) is 0 Å². The summed E-state index contributed by atoms with van der Waals surface area (Å²) in [5, 5.41) is 0.949. The molecule has 1 atom stereocenters. The van der Waals surface area contributed by atoms with Gasteiger partial charge in [-0.3, -0.25) is 0 Å². The van der Waals surface area contributed by atoms with Gasteiger partial charge in [-0.05, 0) is 24.3 Å². The maximum Gasteiger partial charge on any atom is 0.0542 e. The Balaban J connectivity index is 1.73. The fraction of sp³-hybridized carbons (Fsp3) is 0.600. The van der Waals surface area contributed by atoms with Crippen LogP contribution in [-0.4, -0.2) is 31.8 Å². The molecule has 1 aliphatic rings. The van der Waals surface area contributed by atoms with E-state index in [0.717, 1.165) is 44.6 Å². The molecule has 1 aromatic carbocycles. The number of hydrogen-bond acceptors (Lipinski definition) is 2. The maximum absolute atomic E-state index is 5.90. The Kier molecular flexibility index (Phi) is 6.18. The van der Waals surface area contributed by atoms with Crippen LogP contribution in [0.2, 0.25) is 0 Å². The Morgan fingerprint density at radius 1 is 1.22 bits per heavy atom. The number of alkyl halides is 1. The van der Waals surface area contributed by atoms with Gasteiger partial charge in [-0.1, -0.05) is 46.3 Å². The summed E-state index contributed by atoms with van der Waals surface area (Å²) in [4.78, 5) is 0. The van der Waals surface area contributed by atoms with Gasteiger partial charge in [-0.25, -0.2) is 0 Å². The Bertz CT molecular complexity index is 323. The quantitative estimate of drug-likeness (QED) is 0.747. The topological polar surface area (TPSA) is 18.5 Å². The van der Waals surface area contributed by atoms with Crippen molar-refractivity contribution in [1.29, 1.82) is 0 Å². The molecular weight excluding hydrogens is 292 g/mol. The monoisotopic (exact) mass is 312 g/mol. The minimum Gasteiger partial charge on any atom is -0.381 e. The van der Waals surface area contributed by atoms with Crippen LogP contribution >= 0.6 is 15.9 Å². The van der Waals surface area contributed by atoms with Gasteiger partial charge in [0.25, 0.3) is 0 Å². The molecule has 100 valence electrons. The second kappa shape index (κ2) is 7.93. The van der Waals surface area contributed by atoms with E-state index in [1.165, 1.54) is 5.56 Å². The average molecular weight is 313 g/mol. The smallest absolute Gasteiger partial charge is 0.0542 e. The second-order valence-electron chi connectivity index (χ2n) is 4.86. The van der Waals surface area contributed by atoms with E-state index < -0.39 is 0 Å². The molecule has 3 heteroatoms. The van der Waals surface area contributed by atoms with Gasteiger partial charge in [0.05, 0.1) is 6.61 Å². The normalized spacial score (nSPS) is 18.7. The fourth-order valence-corrected chi connectivity index (χ4v) is 2.81. The lowest BCUT2D eigenvalue weighted by Gasteiger charge is -2.23. The minimum absolute atomic E-state index is 0.450. The van der Waals surface area contributed by atoms with Crippen LogP contribution in [0.25, 0.3) is 0 Å². The standard InChI is InChI=1S/C15H21BrO2/c16-10-15(14-4-2-1-3-5-14)12-18-11-13-6-8-17-9-7-13/h1-5,13,15H,6-12H2. The first kappa shape index (κ1) is 14.0. The second-order valence-corrected chi connectivity index (χ2v) is 5.50. The summed E-state index contributed by atoms with van der Waals surface area (Å²) in [7, 11) is 0. The predicted octanol–water partition coefficient (Wildman–Crippen LogP) is 3.61. The Labute approximate surface area is 118 Å². The van der Waals surface area contributed by atoms with E-state index in [9.17, 15) is 0 Å². The molecule has 0 saturated carbocycles. The molecule has 1 aromatic rings. The molecule has 0 aliphatic carbocycles. The summed E-state index contributed by atoms with van der Waals surface area (Å²) in [6, 6.07) is 10.6. The van der Waals surface area contributed by atoms with Gasteiger partial charge in [0.15, 0.2) is 0 Å². The lowest BCUT2D eigenvalue weighted by atomic mass is 10.0. The van der Waals surface area contributed by atoms with Crippen LogP contribution in [0.3, 0.4) is 0 Å². The molecule has 2 nitrogen and oxygen atoms in total. The van der Waals surface area contributed by atoms with Gasteiger partial charge < -0.3 is 9.47 Å². The van der Waals surface area contributed by atoms with Gasteiger partial charge in [-0.15, -0.1) is 0 Å². The molecule has 0 radical (unpaired) electrons. The first-order valence-electron chi connectivity index (χ1n) is 6.66. The maximum atomic E-state index is 5.90. The molecular formula is C15H21BrO2. The average Bonchev–Trinajstić information content (AvgIpc) is 2.46. The summed E-state index contributed by atoms with van der Waals surface area (Å²) >= 11 is 3.58. The lowest BCUT2D eigenvalue weighted by molar-refractivity contribution is 0.0183. The van der Waals surface area contributed by atoms with Crippen LogP contribution in [0.5, 0.6) is 0 Å². The summed E-state index contributed by atoms with van der Waals surface area (Å²) in [5.74, 6) is 1.14. The highest BCUT2D eigenvalue weighted by molar-refractivity contribution is 9.09. The Morgan fingerprint density at radius 3 is 2.61 bits per heavy atom. The van der Waals surface area contributed by atoms with Crippen LogP contribution in [0.15, 0.2) is 30.3 Å². The van der Waals surface area contributed by atoms with Crippen molar-refractivity contribution in [3.05, 3.63) is 35.9 Å². The third-order valence-corrected chi connectivity index (χ3v) is 4.25. The van der Waals surface area contributed by atoms with Gasteiger partial charge in [0, 0.05) is 31.1 Å². The van der Waals surface area contributed by atoms with Gasteiger partial charge >= 0.3 is 0 Å². The van der Waals surface area contributed by atoms with Gasteiger partial charge in [0.1, 0.15) is 0 Å². The SMILES string of the molecule is BrCC(COCC1CCOCC1)c1ccccc1. The number of ether oxygens (including phenoxy) is 2. The van der Waals surface area contributed by atoms with Crippen molar-refractivity contribution in [3.8, 4) is 0 Å². The minimum atomic E-state index is 0.450. The van der Waals surface area contributed by atoms with E-state index in [2.05, 4.69) is 46.3 Å². The zero-order chi connectivity index (χ0) is 12.6. The molecule has 0 N–H and O–H groups in total. The van der Waals surface area contributed by atoms with Crippen LogP contribution in [0.4, 0.5) is 0 Å². The molecule has 0 aromatic heterocycles. The van der Waals surface area contributed by atoms with Gasteiger partial charge in [0.2, 0.25) is 0 Å². The van der Waals surface area contributed by atoms with Crippen molar-refractivity contribution in [3.63, 3.8) is 0 Å². The third-order valence-electron chi connectivity index (χ3n) is 3.47. The molecule has 0 spiro atoms. The van der Waals surface area contributed by atoms with E-state index in [-0.39, 0.29) is 0 Å². The summed E-state index contributed by atoms with van der Waals surface area (Å²) in [6.07, 6.45) is 2.29. The van der Waals surface area contributed by atoms with E-state index in [1.807, 2.05) is 0 Å². The van der Waals surface area contributed by atoms with E-state index in [4.69, 9.17) is 9.47 Å². The van der Waals surface area contributed by atoms with Crippen LogP contribution in [0, 0.1) is 5.92 Å². The highest BCUT2D eigenvalue weighted by Gasteiger charge is 2.15. The summed E-state index contributed by atoms with van der Waals surface area (Å²) < 4.78 is 11.2.